The first kappa shape index (κ1) is 9.23. The van der Waals surface area contributed by atoms with Crippen molar-refractivity contribution >= 4 is 11.5 Å². The molecule has 0 saturated heterocycles. The summed E-state index contributed by atoms with van der Waals surface area (Å²) in [5, 5.41) is 15.3. The van der Waals surface area contributed by atoms with Crippen LogP contribution in [-0.4, -0.2) is 19.7 Å². The van der Waals surface area contributed by atoms with Crippen LogP contribution in [0.2, 0.25) is 0 Å². The first-order valence-corrected chi connectivity index (χ1v) is 5.04. The number of nitrogens with zero attached hydrogens (tertiary/aromatic N) is 3. The smallest absolute Gasteiger partial charge is 0.104 e. The van der Waals surface area contributed by atoms with Crippen molar-refractivity contribution < 1.29 is 5.11 Å². The molecule has 14 heavy (non-hydrogen) atoms. The maximum atomic E-state index is 9.75. The van der Waals surface area contributed by atoms with Gasteiger partial charge in [0.1, 0.15) is 11.8 Å². The highest BCUT2D eigenvalue weighted by Gasteiger charge is 2.10. The van der Waals surface area contributed by atoms with E-state index in [0.29, 0.717) is 12.1 Å². The predicted octanol–water partition coefficient (Wildman–Crippen LogP) is 1.21. The lowest BCUT2D eigenvalue weighted by atomic mass is 10.1. The molecule has 4 nitrogen and oxygen atoms in total. The molecule has 1 unspecified atom stereocenters. The van der Waals surface area contributed by atoms with Gasteiger partial charge in [0.05, 0.1) is 0 Å². The van der Waals surface area contributed by atoms with Crippen molar-refractivity contribution in [2.45, 2.75) is 12.5 Å². The van der Waals surface area contributed by atoms with Crippen molar-refractivity contribution in [1.29, 1.82) is 0 Å². The van der Waals surface area contributed by atoms with E-state index in [1.807, 2.05) is 12.1 Å². The van der Waals surface area contributed by atoms with Gasteiger partial charge in [-0.25, -0.2) is 0 Å². The second-order valence-corrected chi connectivity index (χ2v) is 3.51. The Morgan fingerprint density at radius 1 is 1.36 bits per heavy atom. The van der Waals surface area contributed by atoms with E-state index in [1.165, 1.54) is 11.5 Å². The molecule has 0 bridgehead atoms. The number of rotatable bonds is 3. The minimum Gasteiger partial charge on any atom is -0.386 e. The van der Waals surface area contributed by atoms with E-state index < -0.39 is 6.10 Å². The van der Waals surface area contributed by atoms with Gasteiger partial charge in [-0.05, 0) is 29.2 Å². The van der Waals surface area contributed by atoms with E-state index in [0.717, 1.165) is 5.56 Å². The Morgan fingerprint density at radius 3 is 2.79 bits per heavy atom. The molecule has 0 aliphatic heterocycles. The summed E-state index contributed by atoms with van der Waals surface area (Å²) in [6.07, 6.45) is 3.40. The zero-order valence-corrected chi connectivity index (χ0v) is 8.18. The summed E-state index contributed by atoms with van der Waals surface area (Å²) >= 11 is 1.25. The van der Waals surface area contributed by atoms with Gasteiger partial charge < -0.3 is 5.11 Å². The number of hydrogen-bond acceptors (Lipinski definition) is 5. The Bertz CT molecular complexity index is 376. The lowest BCUT2D eigenvalue weighted by Gasteiger charge is -2.05. The van der Waals surface area contributed by atoms with Crippen LogP contribution in [0, 0.1) is 0 Å². The second kappa shape index (κ2) is 4.26. The van der Waals surface area contributed by atoms with Gasteiger partial charge >= 0.3 is 0 Å². The largest absolute Gasteiger partial charge is 0.386 e. The van der Waals surface area contributed by atoms with Crippen molar-refractivity contribution in [3.05, 3.63) is 41.2 Å². The van der Waals surface area contributed by atoms with Gasteiger partial charge in [0.25, 0.3) is 0 Å². The lowest BCUT2D eigenvalue weighted by Crippen LogP contribution is -2.02. The van der Waals surface area contributed by atoms with Crippen LogP contribution in [0.4, 0.5) is 0 Å². The molecule has 0 saturated carbocycles. The molecule has 0 aromatic carbocycles. The third-order valence-corrected chi connectivity index (χ3v) is 2.42. The minimum absolute atomic E-state index is 0.550. The fourth-order valence-corrected chi connectivity index (χ4v) is 1.66. The number of aliphatic hydroxyl groups excluding tert-OH is 1. The van der Waals surface area contributed by atoms with E-state index in [4.69, 9.17) is 0 Å². The Kier molecular flexibility index (Phi) is 2.81. The Balaban J connectivity index is 2.06. The van der Waals surface area contributed by atoms with E-state index in [2.05, 4.69) is 14.6 Å². The van der Waals surface area contributed by atoms with Crippen molar-refractivity contribution in [3.63, 3.8) is 0 Å². The number of pyridine rings is 1. The highest BCUT2D eigenvalue weighted by molar-refractivity contribution is 7.03. The Morgan fingerprint density at radius 2 is 2.14 bits per heavy atom. The van der Waals surface area contributed by atoms with Crippen molar-refractivity contribution in [2.24, 2.45) is 0 Å². The molecule has 0 radical (unpaired) electrons. The van der Waals surface area contributed by atoms with Gasteiger partial charge in [0.2, 0.25) is 0 Å². The summed E-state index contributed by atoms with van der Waals surface area (Å²) in [6.45, 7) is 0. The topological polar surface area (TPSA) is 58.9 Å². The fourth-order valence-electron chi connectivity index (χ4n) is 1.16. The highest BCUT2D eigenvalue weighted by atomic mass is 32.1. The molecule has 72 valence electrons. The average Bonchev–Trinajstić information content (AvgIpc) is 2.72. The quantitative estimate of drug-likeness (QED) is 0.821. The van der Waals surface area contributed by atoms with Gasteiger partial charge in [-0.1, -0.05) is 4.49 Å². The van der Waals surface area contributed by atoms with Gasteiger partial charge in [0, 0.05) is 24.2 Å². The number of hydrogen-bond donors (Lipinski definition) is 1. The SMILES string of the molecule is OC(Cc1ccncc1)c1csnn1. The molecule has 2 rings (SSSR count). The summed E-state index contributed by atoms with van der Waals surface area (Å²) in [5.41, 5.74) is 1.67. The molecule has 0 fully saturated rings. The van der Waals surface area contributed by atoms with Crippen LogP contribution < -0.4 is 0 Å². The minimum atomic E-state index is -0.573. The Labute approximate surface area is 85.4 Å². The lowest BCUT2D eigenvalue weighted by molar-refractivity contribution is 0.173. The molecule has 2 heterocycles. The van der Waals surface area contributed by atoms with Crippen molar-refractivity contribution in [2.75, 3.05) is 0 Å². The normalized spacial score (nSPS) is 12.6. The second-order valence-electron chi connectivity index (χ2n) is 2.91. The molecular weight excluding hydrogens is 198 g/mol. The van der Waals surface area contributed by atoms with E-state index in [1.54, 1.807) is 17.8 Å². The van der Waals surface area contributed by atoms with Crippen LogP contribution >= 0.6 is 11.5 Å². The summed E-state index contributed by atoms with van der Waals surface area (Å²) in [6, 6.07) is 3.76. The van der Waals surface area contributed by atoms with E-state index in [-0.39, 0.29) is 0 Å². The maximum absolute atomic E-state index is 9.75. The zero-order chi connectivity index (χ0) is 9.80. The Hall–Kier alpha value is -1.33. The van der Waals surface area contributed by atoms with Gasteiger partial charge in [0.15, 0.2) is 0 Å². The molecule has 0 spiro atoms. The summed E-state index contributed by atoms with van der Waals surface area (Å²) in [7, 11) is 0. The molecule has 0 aliphatic rings. The van der Waals surface area contributed by atoms with E-state index >= 15 is 0 Å². The maximum Gasteiger partial charge on any atom is 0.104 e. The number of aliphatic hydroxyl groups is 1. The molecular formula is C9H9N3OS. The monoisotopic (exact) mass is 207 g/mol. The van der Waals surface area contributed by atoms with Gasteiger partial charge in [-0.15, -0.1) is 5.10 Å². The summed E-state index contributed by atoms with van der Waals surface area (Å²) in [5.74, 6) is 0. The van der Waals surface area contributed by atoms with Crippen LogP contribution in [0.1, 0.15) is 17.4 Å². The van der Waals surface area contributed by atoms with Crippen LogP contribution in [-0.2, 0) is 6.42 Å². The summed E-state index contributed by atoms with van der Waals surface area (Å²) < 4.78 is 3.70. The van der Waals surface area contributed by atoms with Gasteiger partial charge in [-0.2, -0.15) is 0 Å². The third kappa shape index (κ3) is 2.12. The summed E-state index contributed by atoms with van der Waals surface area (Å²) in [4.78, 5) is 3.91. The zero-order valence-electron chi connectivity index (χ0n) is 7.37. The highest BCUT2D eigenvalue weighted by Crippen LogP contribution is 2.16. The standard InChI is InChI=1S/C9H9N3OS/c13-9(8-6-14-12-11-8)5-7-1-3-10-4-2-7/h1-4,6,9,13H,5H2. The molecule has 0 amide bonds. The first-order chi connectivity index (χ1) is 6.86. The van der Waals surface area contributed by atoms with Gasteiger partial charge in [-0.3, -0.25) is 4.98 Å². The van der Waals surface area contributed by atoms with Crippen molar-refractivity contribution in [3.8, 4) is 0 Å². The molecule has 1 N–H and O–H groups in total. The van der Waals surface area contributed by atoms with Crippen molar-refractivity contribution in [1.82, 2.24) is 14.6 Å². The van der Waals surface area contributed by atoms with E-state index in [9.17, 15) is 5.11 Å². The first-order valence-electron chi connectivity index (χ1n) is 4.20. The molecule has 2 aromatic heterocycles. The van der Waals surface area contributed by atoms with Crippen LogP contribution in [0.3, 0.4) is 0 Å². The van der Waals surface area contributed by atoms with Crippen LogP contribution in [0.5, 0.6) is 0 Å². The van der Waals surface area contributed by atoms with Crippen LogP contribution in [0.25, 0.3) is 0 Å². The molecule has 2 aromatic rings. The molecule has 5 heteroatoms. The average molecular weight is 207 g/mol. The fraction of sp³-hybridized carbons (Fsp3) is 0.222. The number of aromatic nitrogens is 3. The molecule has 1 atom stereocenters. The third-order valence-electron chi connectivity index (χ3n) is 1.90. The van der Waals surface area contributed by atoms with Crippen LogP contribution in [0.15, 0.2) is 29.9 Å². The predicted molar refractivity (Wildman–Crippen MR) is 52.8 cm³/mol. The molecule has 0 aliphatic carbocycles.